The molecule has 0 aliphatic carbocycles. The predicted octanol–water partition coefficient (Wildman–Crippen LogP) is 3.20. The molecule has 152 valence electrons. The highest BCUT2D eigenvalue weighted by Crippen LogP contribution is 2.18. The van der Waals surface area contributed by atoms with Crippen LogP contribution in [0.4, 0.5) is 5.69 Å². The van der Waals surface area contributed by atoms with Gasteiger partial charge in [-0.05, 0) is 36.1 Å². The maximum atomic E-state index is 9.67. The smallest absolute Gasteiger partial charge is 0.193 e. The van der Waals surface area contributed by atoms with Gasteiger partial charge in [0.2, 0.25) is 0 Å². The highest BCUT2D eigenvalue weighted by molar-refractivity contribution is 14.0. The number of methoxy groups -OCH3 is 1. The van der Waals surface area contributed by atoms with Gasteiger partial charge in [-0.2, -0.15) is 0 Å². The topological polar surface area (TPSA) is 83.1 Å². The predicted molar refractivity (Wildman–Crippen MR) is 124 cm³/mol. The molecule has 1 fully saturated rings. The minimum Gasteiger partial charge on any atom is -0.497 e. The molecule has 7 heteroatoms. The van der Waals surface area contributed by atoms with Gasteiger partial charge < -0.3 is 20.9 Å². The van der Waals surface area contributed by atoms with E-state index < -0.39 is 0 Å². The number of likely N-dealkylation sites (tertiary alicyclic amines) is 1. The lowest BCUT2D eigenvalue weighted by atomic mass is 10.0. The van der Waals surface area contributed by atoms with E-state index in [4.69, 9.17) is 10.5 Å². The first-order chi connectivity index (χ1) is 13.1. The van der Waals surface area contributed by atoms with Gasteiger partial charge in [-0.25, -0.2) is 4.99 Å². The molecule has 0 bridgehead atoms. The van der Waals surface area contributed by atoms with E-state index in [-0.39, 0.29) is 30.1 Å². The molecule has 1 saturated heterocycles. The molecule has 0 aromatic heterocycles. The number of aliphatic hydroxyl groups is 1. The van der Waals surface area contributed by atoms with Gasteiger partial charge in [-0.3, -0.25) is 4.90 Å². The summed E-state index contributed by atoms with van der Waals surface area (Å²) in [5.41, 5.74) is 9.32. The van der Waals surface area contributed by atoms with Crippen LogP contribution in [0.5, 0.6) is 5.75 Å². The number of aliphatic hydroxyl groups excluding tert-OH is 1. The number of nitrogens with one attached hydrogen (secondary N) is 1. The summed E-state index contributed by atoms with van der Waals surface area (Å²) >= 11 is 0. The number of hydrogen-bond acceptors (Lipinski definition) is 4. The second kappa shape index (κ2) is 11.2. The summed E-state index contributed by atoms with van der Waals surface area (Å²) in [5.74, 6) is 1.14. The van der Waals surface area contributed by atoms with E-state index in [0.717, 1.165) is 43.9 Å². The minimum atomic E-state index is -0.149. The number of nitrogens with zero attached hydrogens (tertiary/aromatic N) is 2. The number of guanidine groups is 1. The maximum absolute atomic E-state index is 9.67. The Kier molecular flexibility index (Phi) is 9.01. The van der Waals surface area contributed by atoms with Gasteiger partial charge in [0.05, 0.1) is 19.8 Å². The highest BCUT2D eigenvalue weighted by Gasteiger charge is 2.17. The molecule has 1 aliphatic rings. The molecule has 0 amide bonds. The van der Waals surface area contributed by atoms with Crippen molar-refractivity contribution in [2.75, 3.05) is 25.5 Å². The Hall–Kier alpha value is -1.84. The minimum absolute atomic E-state index is 0. The lowest BCUT2D eigenvalue weighted by molar-refractivity contribution is 0.0791. The summed E-state index contributed by atoms with van der Waals surface area (Å²) < 4.78 is 5.22. The SMILES string of the molecule is COc1cccc(NC(N)=NCc2ccccc2CN2CCC(O)CC2)c1.I. The van der Waals surface area contributed by atoms with Crippen molar-refractivity contribution in [2.45, 2.75) is 32.0 Å². The van der Waals surface area contributed by atoms with Crippen molar-refractivity contribution in [3.8, 4) is 5.75 Å². The van der Waals surface area contributed by atoms with Crippen LogP contribution in [0.2, 0.25) is 0 Å². The molecule has 2 aromatic rings. The Labute approximate surface area is 183 Å². The number of ether oxygens (including phenoxy) is 1. The summed E-state index contributed by atoms with van der Waals surface area (Å²) in [7, 11) is 1.64. The molecule has 28 heavy (non-hydrogen) atoms. The summed E-state index contributed by atoms with van der Waals surface area (Å²) in [4.78, 5) is 6.88. The fraction of sp³-hybridized carbons (Fsp3) is 0.381. The van der Waals surface area contributed by atoms with Gasteiger partial charge in [0.15, 0.2) is 5.96 Å². The van der Waals surface area contributed by atoms with Gasteiger partial charge >= 0.3 is 0 Å². The van der Waals surface area contributed by atoms with Crippen molar-refractivity contribution in [2.24, 2.45) is 10.7 Å². The van der Waals surface area contributed by atoms with Crippen LogP contribution < -0.4 is 15.8 Å². The number of benzene rings is 2. The third-order valence-corrected chi connectivity index (χ3v) is 4.83. The van der Waals surface area contributed by atoms with E-state index in [1.165, 1.54) is 11.1 Å². The molecule has 6 nitrogen and oxygen atoms in total. The molecule has 0 saturated carbocycles. The van der Waals surface area contributed by atoms with E-state index in [1.807, 2.05) is 30.3 Å². The fourth-order valence-electron chi connectivity index (χ4n) is 3.24. The first kappa shape index (κ1) is 22.4. The lowest BCUT2D eigenvalue weighted by Crippen LogP contribution is -2.35. The van der Waals surface area contributed by atoms with Crippen molar-refractivity contribution >= 4 is 35.6 Å². The summed E-state index contributed by atoms with van der Waals surface area (Å²) in [6.45, 7) is 3.26. The van der Waals surface area contributed by atoms with Crippen LogP contribution in [-0.4, -0.2) is 42.3 Å². The van der Waals surface area contributed by atoms with Gasteiger partial charge in [-0.1, -0.05) is 30.3 Å². The van der Waals surface area contributed by atoms with Crippen LogP contribution in [0.15, 0.2) is 53.5 Å². The van der Waals surface area contributed by atoms with Crippen molar-refractivity contribution in [1.29, 1.82) is 0 Å². The highest BCUT2D eigenvalue weighted by atomic mass is 127. The van der Waals surface area contributed by atoms with Crippen molar-refractivity contribution < 1.29 is 9.84 Å². The summed E-state index contributed by atoms with van der Waals surface area (Å²) in [5, 5.41) is 12.8. The molecular weight excluding hydrogens is 467 g/mol. The van der Waals surface area contributed by atoms with E-state index in [9.17, 15) is 5.11 Å². The van der Waals surface area contributed by atoms with E-state index in [2.05, 4.69) is 33.4 Å². The Morgan fingerprint density at radius 3 is 2.61 bits per heavy atom. The third-order valence-electron chi connectivity index (χ3n) is 4.83. The lowest BCUT2D eigenvalue weighted by Gasteiger charge is -2.30. The Morgan fingerprint density at radius 1 is 1.18 bits per heavy atom. The number of halogens is 1. The van der Waals surface area contributed by atoms with Crippen molar-refractivity contribution in [3.05, 3.63) is 59.7 Å². The van der Waals surface area contributed by atoms with E-state index in [0.29, 0.717) is 12.5 Å². The number of hydrogen-bond donors (Lipinski definition) is 3. The Morgan fingerprint density at radius 2 is 1.89 bits per heavy atom. The van der Waals surface area contributed by atoms with Crippen molar-refractivity contribution in [3.63, 3.8) is 0 Å². The van der Waals surface area contributed by atoms with Gasteiger partial charge in [0, 0.05) is 31.4 Å². The Bertz CT molecular complexity index is 777. The normalized spacial score (nSPS) is 15.7. The zero-order valence-electron chi connectivity index (χ0n) is 16.2. The fourth-order valence-corrected chi connectivity index (χ4v) is 3.24. The zero-order valence-corrected chi connectivity index (χ0v) is 18.5. The number of aliphatic imine (C=N–C) groups is 1. The largest absolute Gasteiger partial charge is 0.497 e. The first-order valence-corrected chi connectivity index (χ1v) is 9.32. The first-order valence-electron chi connectivity index (χ1n) is 9.32. The average molecular weight is 496 g/mol. The molecule has 1 aliphatic heterocycles. The van der Waals surface area contributed by atoms with Crippen molar-refractivity contribution in [1.82, 2.24) is 4.90 Å². The quantitative estimate of drug-likeness (QED) is 0.325. The number of piperidine rings is 1. The monoisotopic (exact) mass is 496 g/mol. The van der Waals surface area contributed by atoms with Gasteiger partial charge in [0.1, 0.15) is 5.75 Å². The van der Waals surface area contributed by atoms with E-state index >= 15 is 0 Å². The summed E-state index contributed by atoms with van der Waals surface area (Å²) in [6, 6.07) is 15.9. The molecule has 1 heterocycles. The van der Waals surface area contributed by atoms with Crippen LogP contribution in [-0.2, 0) is 13.1 Å². The third kappa shape index (κ3) is 6.65. The zero-order chi connectivity index (χ0) is 19.1. The van der Waals surface area contributed by atoms with Crippen LogP contribution in [0.3, 0.4) is 0 Å². The standard InChI is InChI=1S/C21H28N4O2.HI/c1-27-20-8-4-7-18(13-20)24-21(22)23-14-16-5-2-3-6-17(16)15-25-11-9-19(26)10-12-25;/h2-8,13,19,26H,9-12,14-15H2,1H3,(H3,22,23,24);1H. The molecule has 2 aromatic carbocycles. The molecule has 0 unspecified atom stereocenters. The molecular formula is C21H29IN4O2. The summed E-state index contributed by atoms with van der Waals surface area (Å²) in [6.07, 6.45) is 1.54. The number of nitrogens with two attached hydrogens (primary N) is 1. The molecule has 0 radical (unpaired) electrons. The number of anilines is 1. The average Bonchev–Trinajstić information content (AvgIpc) is 2.69. The molecule has 0 atom stereocenters. The van der Waals surface area contributed by atoms with Crippen LogP contribution >= 0.6 is 24.0 Å². The van der Waals surface area contributed by atoms with Crippen LogP contribution in [0, 0.1) is 0 Å². The molecule has 0 spiro atoms. The van der Waals surface area contributed by atoms with Gasteiger partial charge in [0.25, 0.3) is 0 Å². The molecule has 3 rings (SSSR count). The van der Waals surface area contributed by atoms with E-state index in [1.54, 1.807) is 7.11 Å². The van der Waals surface area contributed by atoms with Crippen LogP contribution in [0.25, 0.3) is 0 Å². The second-order valence-corrected chi connectivity index (χ2v) is 6.83. The number of rotatable bonds is 6. The second-order valence-electron chi connectivity index (χ2n) is 6.83. The Balaban J connectivity index is 0.00000280. The maximum Gasteiger partial charge on any atom is 0.193 e. The van der Waals surface area contributed by atoms with Gasteiger partial charge in [-0.15, -0.1) is 24.0 Å². The van der Waals surface area contributed by atoms with Crippen LogP contribution in [0.1, 0.15) is 24.0 Å². The molecule has 4 N–H and O–H groups in total.